The molecule has 0 aliphatic heterocycles. The Kier molecular flexibility index (Phi) is 6.37. The molecule has 1 heterocycles. The van der Waals surface area contributed by atoms with E-state index in [4.69, 9.17) is 0 Å². The minimum Gasteiger partial charge on any atom is -0.351 e. The second-order valence-corrected chi connectivity index (χ2v) is 5.01. The van der Waals surface area contributed by atoms with Gasteiger partial charge in [-0.05, 0) is 23.9 Å². The van der Waals surface area contributed by atoms with Gasteiger partial charge >= 0.3 is 0 Å². The number of rotatable bonds is 6. The molecule has 0 radical (unpaired) electrons. The minimum atomic E-state index is -2.65. The van der Waals surface area contributed by atoms with Crippen LogP contribution < -0.4 is 5.32 Å². The summed E-state index contributed by atoms with van der Waals surface area (Å²) in [5.41, 5.74) is 0.0788. The fourth-order valence-corrected chi connectivity index (χ4v) is 1.92. The molecule has 0 aromatic carbocycles. The summed E-state index contributed by atoms with van der Waals surface area (Å²) in [5.74, 6) is -3.29. The molecular formula is C12H15F2N3O2S. The average Bonchev–Trinajstić information content (AvgIpc) is 2.38. The van der Waals surface area contributed by atoms with Gasteiger partial charge in [0.1, 0.15) is 5.03 Å². The number of amides is 2. The highest BCUT2D eigenvalue weighted by Gasteiger charge is 2.16. The fraction of sp³-hybridized carbons (Fsp3) is 0.417. The monoisotopic (exact) mass is 303 g/mol. The SMILES string of the molecule is CN(C)C(=O)CCNC(=O)c1cccnc1SC(F)F. The lowest BCUT2D eigenvalue weighted by Crippen LogP contribution is -2.30. The van der Waals surface area contributed by atoms with Gasteiger partial charge in [-0.2, -0.15) is 8.78 Å². The van der Waals surface area contributed by atoms with E-state index in [-0.39, 0.29) is 41.2 Å². The molecule has 5 nitrogen and oxygen atoms in total. The quantitative estimate of drug-likeness (QED) is 0.811. The molecule has 0 atom stereocenters. The van der Waals surface area contributed by atoms with Crippen molar-refractivity contribution in [2.75, 3.05) is 20.6 Å². The number of carbonyl (C=O) groups excluding carboxylic acids is 2. The van der Waals surface area contributed by atoms with Gasteiger partial charge < -0.3 is 10.2 Å². The van der Waals surface area contributed by atoms with E-state index < -0.39 is 11.7 Å². The third kappa shape index (κ3) is 5.12. The number of aromatic nitrogens is 1. The summed E-state index contributed by atoms with van der Waals surface area (Å²) < 4.78 is 24.7. The molecule has 0 aliphatic rings. The zero-order valence-corrected chi connectivity index (χ0v) is 11.9. The molecule has 0 unspecified atom stereocenters. The van der Waals surface area contributed by atoms with Crippen molar-refractivity contribution < 1.29 is 18.4 Å². The number of nitrogens with one attached hydrogen (secondary N) is 1. The molecule has 0 bridgehead atoms. The normalized spacial score (nSPS) is 10.4. The molecule has 0 aliphatic carbocycles. The van der Waals surface area contributed by atoms with E-state index in [1.54, 1.807) is 14.1 Å². The summed E-state index contributed by atoms with van der Waals surface area (Å²) in [6.45, 7) is 0.142. The first-order chi connectivity index (χ1) is 9.41. The molecule has 8 heteroatoms. The van der Waals surface area contributed by atoms with Crippen molar-refractivity contribution in [3.63, 3.8) is 0 Å². The summed E-state index contributed by atoms with van der Waals surface area (Å²) >= 11 is 0.218. The van der Waals surface area contributed by atoms with E-state index in [0.717, 1.165) is 0 Å². The van der Waals surface area contributed by atoms with Crippen molar-refractivity contribution in [3.05, 3.63) is 23.9 Å². The number of alkyl halides is 2. The van der Waals surface area contributed by atoms with Crippen LogP contribution in [-0.4, -0.2) is 48.1 Å². The van der Waals surface area contributed by atoms with Crippen LogP contribution in [0.5, 0.6) is 0 Å². The number of carbonyl (C=O) groups is 2. The molecule has 1 rings (SSSR count). The first-order valence-electron chi connectivity index (χ1n) is 5.80. The van der Waals surface area contributed by atoms with Gasteiger partial charge in [-0.3, -0.25) is 9.59 Å². The number of pyridine rings is 1. The average molecular weight is 303 g/mol. The van der Waals surface area contributed by atoms with Crippen LogP contribution in [0.3, 0.4) is 0 Å². The van der Waals surface area contributed by atoms with Gasteiger partial charge in [-0.15, -0.1) is 0 Å². The van der Waals surface area contributed by atoms with Crippen molar-refractivity contribution in [1.82, 2.24) is 15.2 Å². The molecule has 2 amide bonds. The third-order valence-corrected chi connectivity index (χ3v) is 3.07. The topological polar surface area (TPSA) is 62.3 Å². The highest BCUT2D eigenvalue weighted by molar-refractivity contribution is 7.99. The van der Waals surface area contributed by atoms with Crippen LogP contribution >= 0.6 is 11.8 Å². The zero-order valence-electron chi connectivity index (χ0n) is 11.1. The standard InChI is InChI=1S/C12H15F2N3O2S/c1-17(2)9(18)5-7-15-10(19)8-4-3-6-16-11(8)20-12(13)14/h3-4,6,12H,5,7H2,1-2H3,(H,15,19). The van der Waals surface area contributed by atoms with Crippen LogP contribution in [-0.2, 0) is 4.79 Å². The van der Waals surface area contributed by atoms with Gasteiger partial charge in [-0.1, -0.05) is 0 Å². The highest BCUT2D eigenvalue weighted by Crippen LogP contribution is 2.26. The van der Waals surface area contributed by atoms with Gasteiger partial charge in [0, 0.05) is 33.3 Å². The van der Waals surface area contributed by atoms with Gasteiger partial charge in [0.2, 0.25) is 5.91 Å². The summed E-state index contributed by atoms with van der Waals surface area (Å²) in [7, 11) is 3.23. The Morgan fingerprint density at radius 2 is 2.15 bits per heavy atom. The number of hydrogen-bond donors (Lipinski definition) is 1. The molecule has 0 saturated carbocycles. The van der Waals surface area contributed by atoms with Gasteiger partial charge in [0.15, 0.2) is 0 Å². The van der Waals surface area contributed by atoms with E-state index >= 15 is 0 Å². The Balaban J connectivity index is 2.61. The Labute approximate surface area is 119 Å². The molecule has 20 heavy (non-hydrogen) atoms. The third-order valence-electron chi connectivity index (χ3n) is 2.34. The summed E-state index contributed by atoms with van der Waals surface area (Å²) in [6.07, 6.45) is 1.49. The lowest BCUT2D eigenvalue weighted by Gasteiger charge is -2.11. The van der Waals surface area contributed by atoms with E-state index in [1.165, 1.54) is 23.2 Å². The number of nitrogens with zero attached hydrogens (tertiary/aromatic N) is 2. The first kappa shape index (κ1) is 16.4. The predicted molar refractivity (Wildman–Crippen MR) is 71.7 cm³/mol. The van der Waals surface area contributed by atoms with E-state index in [2.05, 4.69) is 10.3 Å². The second-order valence-electron chi connectivity index (χ2n) is 4.03. The van der Waals surface area contributed by atoms with Crippen LogP contribution in [0.15, 0.2) is 23.4 Å². The van der Waals surface area contributed by atoms with Crippen LogP contribution in [0, 0.1) is 0 Å². The molecule has 110 valence electrons. The van der Waals surface area contributed by atoms with Crippen LogP contribution in [0.4, 0.5) is 8.78 Å². The number of halogens is 2. The van der Waals surface area contributed by atoms with Crippen LogP contribution in [0.2, 0.25) is 0 Å². The second kappa shape index (κ2) is 7.78. The van der Waals surface area contributed by atoms with Crippen molar-refractivity contribution in [2.24, 2.45) is 0 Å². The lowest BCUT2D eigenvalue weighted by atomic mass is 10.2. The molecular weight excluding hydrogens is 288 g/mol. The summed E-state index contributed by atoms with van der Waals surface area (Å²) in [4.78, 5) is 28.4. The van der Waals surface area contributed by atoms with Crippen molar-refractivity contribution in [1.29, 1.82) is 0 Å². The molecule has 0 fully saturated rings. The Morgan fingerprint density at radius 3 is 2.75 bits per heavy atom. The smallest absolute Gasteiger partial charge is 0.290 e. The van der Waals surface area contributed by atoms with E-state index in [9.17, 15) is 18.4 Å². The maximum absolute atomic E-state index is 12.4. The minimum absolute atomic E-state index is 0.0288. The summed E-state index contributed by atoms with van der Waals surface area (Å²) in [5, 5.41) is 2.48. The molecule has 1 aromatic rings. The van der Waals surface area contributed by atoms with E-state index in [0.29, 0.717) is 0 Å². The maximum Gasteiger partial charge on any atom is 0.290 e. The molecule has 1 N–H and O–H groups in total. The Hall–Kier alpha value is -1.70. The van der Waals surface area contributed by atoms with Crippen LogP contribution in [0.25, 0.3) is 0 Å². The highest BCUT2D eigenvalue weighted by atomic mass is 32.2. The Bertz CT molecular complexity index is 484. The van der Waals surface area contributed by atoms with Gasteiger partial charge in [0.05, 0.1) is 5.56 Å². The van der Waals surface area contributed by atoms with Crippen molar-refractivity contribution in [3.8, 4) is 0 Å². The van der Waals surface area contributed by atoms with Gasteiger partial charge in [-0.25, -0.2) is 4.98 Å². The molecule has 0 saturated heterocycles. The van der Waals surface area contributed by atoms with Gasteiger partial charge in [0.25, 0.3) is 11.7 Å². The molecule has 1 aromatic heterocycles. The number of thioether (sulfide) groups is 1. The number of hydrogen-bond acceptors (Lipinski definition) is 4. The predicted octanol–water partition coefficient (Wildman–Crippen LogP) is 1.60. The molecule has 0 spiro atoms. The first-order valence-corrected chi connectivity index (χ1v) is 6.68. The van der Waals surface area contributed by atoms with Crippen molar-refractivity contribution in [2.45, 2.75) is 17.2 Å². The van der Waals surface area contributed by atoms with Crippen molar-refractivity contribution >= 4 is 23.6 Å². The summed E-state index contributed by atoms with van der Waals surface area (Å²) in [6, 6.07) is 2.91. The Morgan fingerprint density at radius 1 is 1.45 bits per heavy atom. The fourth-order valence-electron chi connectivity index (χ4n) is 1.34. The van der Waals surface area contributed by atoms with E-state index in [1.807, 2.05) is 0 Å². The zero-order chi connectivity index (χ0) is 15.1. The maximum atomic E-state index is 12.4. The largest absolute Gasteiger partial charge is 0.351 e. The van der Waals surface area contributed by atoms with Crippen LogP contribution in [0.1, 0.15) is 16.8 Å². The lowest BCUT2D eigenvalue weighted by molar-refractivity contribution is -0.128.